The quantitative estimate of drug-likeness (QED) is 0.532. The molecule has 0 aromatic rings. The lowest BCUT2D eigenvalue weighted by molar-refractivity contribution is 0.151. The highest BCUT2D eigenvalue weighted by Gasteiger charge is 2.18. The van der Waals surface area contributed by atoms with E-state index in [0.29, 0.717) is 5.92 Å². The van der Waals surface area contributed by atoms with E-state index in [2.05, 4.69) is 31.2 Å². The first-order chi connectivity index (χ1) is 5.86. The van der Waals surface area contributed by atoms with E-state index in [1.54, 1.807) is 0 Å². The summed E-state index contributed by atoms with van der Waals surface area (Å²) in [5, 5.41) is 0. The van der Waals surface area contributed by atoms with E-state index in [0.717, 1.165) is 25.2 Å². The molecule has 0 aromatic heterocycles. The average Bonchev–Trinajstić information content (AvgIpc) is 2.28. The third-order valence-electron chi connectivity index (χ3n) is 2.28. The molecule has 1 aliphatic heterocycles. The molecule has 0 N–H and O–H groups in total. The van der Waals surface area contributed by atoms with Crippen molar-refractivity contribution in [1.82, 2.24) is 0 Å². The maximum atomic E-state index is 5.63. The van der Waals surface area contributed by atoms with Crippen molar-refractivity contribution in [2.45, 2.75) is 19.8 Å². The lowest BCUT2D eigenvalue weighted by atomic mass is 9.97. The Bertz CT molecular complexity index is 258. The summed E-state index contributed by atoms with van der Waals surface area (Å²) in [7, 11) is 0. The van der Waals surface area contributed by atoms with Gasteiger partial charge in [-0.3, -0.25) is 0 Å². The summed E-state index contributed by atoms with van der Waals surface area (Å²) < 4.78 is 5.63. The molecule has 1 fully saturated rings. The summed E-state index contributed by atoms with van der Waals surface area (Å²) in [5.74, 6) is 1.78. The van der Waals surface area contributed by atoms with E-state index >= 15 is 0 Å². The molecule has 0 saturated carbocycles. The zero-order chi connectivity index (χ0) is 8.39. The van der Waals surface area contributed by atoms with Crippen LogP contribution < -0.4 is 0 Å². The SMILES string of the molecule is CC1COC2=CCC=CC=C2C1. The Morgan fingerprint density at radius 2 is 2.42 bits per heavy atom. The van der Waals surface area contributed by atoms with Gasteiger partial charge in [-0.15, -0.1) is 0 Å². The molecular formula is C11H14O. The van der Waals surface area contributed by atoms with E-state index in [1.165, 1.54) is 5.57 Å². The first-order valence-corrected chi connectivity index (χ1v) is 4.55. The smallest absolute Gasteiger partial charge is 0.118 e. The second-order valence-electron chi connectivity index (χ2n) is 3.54. The fraction of sp³-hybridized carbons (Fsp3) is 0.455. The molecule has 2 aliphatic rings. The number of allylic oxidation sites excluding steroid dienone is 5. The molecule has 1 unspecified atom stereocenters. The van der Waals surface area contributed by atoms with E-state index < -0.39 is 0 Å². The second kappa shape index (κ2) is 3.18. The first kappa shape index (κ1) is 7.66. The zero-order valence-corrected chi connectivity index (χ0v) is 7.42. The Kier molecular flexibility index (Phi) is 2.03. The molecule has 1 heteroatoms. The molecule has 1 nitrogen and oxygen atoms in total. The lowest BCUT2D eigenvalue weighted by Gasteiger charge is -2.24. The second-order valence-corrected chi connectivity index (χ2v) is 3.54. The predicted molar refractivity (Wildman–Crippen MR) is 49.7 cm³/mol. The molecule has 0 spiro atoms. The Morgan fingerprint density at radius 1 is 1.50 bits per heavy atom. The largest absolute Gasteiger partial charge is 0.493 e. The minimum Gasteiger partial charge on any atom is -0.493 e. The van der Waals surface area contributed by atoms with Crippen LogP contribution in [0, 0.1) is 5.92 Å². The summed E-state index contributed by atoms with van der Waals surface area (Å²) in [6, 6.07) is 0. The van der Waals surface area contributed by atoms with Crippen LogP contribution in [0.4, 0.5) is 0 Å². The highest BCUT2D eigenvalue weighted by Crippen LogP contribution is 2.28. The Morgan fingerprint density at radius 3 is 3.33 bits per heavy atom. The molecule has 1 heterocycles. The Labute approximate surface area is 73.4 Å². The summed E-state index contributed by atoms with van der Waals surface area (Å²) in [5.41, 5.74) is 1.36. The minimum atomic E-state index is 0.667. The van der Waals surface area contributed by atoms with Gasteiger partial charge in [-0.2, -0.15) is 0 Å². The summed E-state index contributed by atoms with van der Waals surface area (Å²) in [6.45, 7) is 3.11. The number of rotatable bonds is 0. The maximum absolute atomic E-state index is 5.63. The van der Waals surface area contributed by atoms with Gasteiger partial charge >= 0.3 is 0 Å². The van der Waals surface area contributed by atoms with Crippen LogP contribution in [0.5, 0.6) is 0 Å². The molecule has 0 amide bonds. The van der Waals surface area contributed by atoms with E-state index in [-0.39, 0.29) is 0 Å². The molecule has 64 valence electrons. The van der Waals surface area contributed by atoms with Crippen LogP contribution in [-0.2, 0) is 4.74 Å². The van der Waals surface area contributed by atoms with Crippen LogP contribution in [0.1, 0.15) is 19.8 Å². The highest BCUT2D eigenvalue weighted by molar-refractivity contribution is 5.34. The van der Waals surface area contributed by atoms with Crippen LogP contribution in [0.2, 0.25) is 0 Å². The molecule has 0 bridgehead atoms. The standard InChI is InChI=1S/C11H14O/c1-9-7-10-5-3-2-4-6-11(10)12-8-9/h2-3,5-6,9H,4,7-8H2,1H3. The number of hydrogen-bond donors (Lipinski definition) is 0. The molecule has 1 atom stereocenters. The number of ether oxygens (including phenoxy) is 1. The van der Waals surface area contributed by atoms with Crippen LogP contribution in [0.3, 0.4) is 0 Å². The normalized spacial score (nSPS) is 27.9. The van der Waals surface area contributed by atoms with Crippen molar-refractivity contribution >= 4 is 0 Å². The van der Waals surface area contributed by atoms with Crippen LogP contribution in [0.15, 0.2) is 35.6 Å². The minimum absolute atomic E-state index is 0.667. The van der Waals surface area contributed by atoms with Gasteiger partial charge in [0.25, 0.3) is 0 Å². The molecule has 1 saturated heterocycles. The zero-order valence-electron chi connectivity index (χ0n) is 7.42. The third kappa shape index (κ3) is 1.45. The van der Waals surface area contributed by atoms with Gasteiger partial charge in [0.2, 0.25) is 0 Å². The fourth-order valence-electron chi connectivity index (χ4n) is 1.64. The van der Waals surface area contributed by atoms with Crippen molar-refractivity contribution in [1.29, 1.82) is 0 Å². The van der Waals surface area contributed by atoms with Crippen molar-refractivity contribution in [3.63, 3.8) is 0 Å². The van der Waals surface area contributed by atoms with Crippen LogP contribution >= 0.6 is 0 Å². The molecular weight excluding hydrogens is 148 g/mol. The van der Waals surface area contributed by atoms with Crippen molar-refractivity contribution in [2.75, 3.05) is 6.61 Å². The summed E-state index contributed by atoms with van der Waals surface area (Å²) in [4.78, 5) is 0. The van der Waals surface area contributed by atoms with Gasteiger partial charge in [0.15, 0.2) is 0 Å². The maximum Gasteiger partial charge on any atom is 0.118 e. The third-order valence-corrected chi connectivity index (χ3v) is 2.28. The highest BCUT2D eigenvalue weighted by atomic mass is 16.5. The number of hydrogen-bond acceptors (Lipinski definition) is 1. The van der Waals surface area contributed by atoms with Crippen molar-refractivity contribution in [2.24, 2.45) is 5.92 Å². The average molecular weight is 162 g/mol. The number of fused-ring (bicyclic) bond motifs is 1. The molecule has 1 aliphatic carbocycles. The van der Waals surface area contributed by atoms with Gasteiger partial charge < -0.3 is 4.74 Å². The van der Waals surface area contributed by atoms with Crippen LogP contribution in [0.25, 0.3) is 0 Å². The molecule has 2 rings (SSSR count). The van der Waals surface area contributed by atoms with Crippen LogP contribution in [-0.4, -0.2) is 6.61 Å². The van der Waals surface area contributed by atoms with E-state index in [4.69, 9.17) is 4.74 Å². The monoisotopic (exact) mass is 162 g/mol. The molecule has 0 radical (unpaired) electrons. The Hall–Kier alpha value is -0.980. The van der Waals surface area contributed by atoms with Crippen molar-refractivity contribution in [3.8, 4) is 0 Å². The fourth-order valence-corrected chi connectivity index (χ4v) is 1.64. The van der Waals surface area contributed by atoms with Gasteiger partial charge in [0.05, 0.1) is 6.61 Å². The molecule has 0 aromatic carbocycles. The van der Waals surface area contributed by atoms with Gasteiger partial charge in [0.1, 0.15) is 5.76 Å². The van der Waals surface area contributed by atoms with Crippen molar-refractivity contribution < 1.29 is 4.74 Å². The first-order valence-electron chi connectivity index (χ1n) is 4.55. The van der Waals surface area contributed by atoms with Gasteiger partial charge in [-0.25, -0.2) is 0 Å². The molecule has 12 heavy (non-hydrogen) atoms. The Balaban J connectivity index is 2.23. The van der Waals surface area contributed by atoms with Gasteiger partial charge in [0, 0.05) is 0 Å². The lowest BCUT2D eigenvalue weighted by Crippen LogP contribution is -2.15. The van der Waals surface area contributed by atoms with Gasteiger partial charge in [-0.05, 0) is 30.4 Å². The van der Waals surface area contributed by atoms with Crippen molar-refractivity contribution in [3.05, 3.63) is 35.6 Å². The predicted octanol–water partition coefficient (Wildman–Crippen LogP) is 2.81. The summed E-state index contributed by atoms with van der Waals surface area (Å²) in [6.07, 6.45) is 10.8. The van der Waals surface area contributed by atoms with E-state index in [9.17, 15) is 0 Å². The topological polar surface area (TPSA) is 9.23 Å². The summed E-state index contributed by atoms with van der Waals surface area (Å²) >= 11 is 0. The van der Waals surface area contributed by atoms with Gasteiger partial charge in [-0.1, -0.05) is 25.2 Å². The van der Waals surface area contributed by atoms with E-state index in [1.807, 2.05) is 0 Å².